The van der Waals surface area contributed by atoms with Crippen LogP contribution in [0.5, 0.6) is 5.75 Å². The Morgan fingerprint density at radius 3 is 2.30 bits per heavy atom. The van der Waals surface area contributed by atoms with Crippen molar-refractivity contribution in [2.75, 3.05) is 38.2 Å². The molecule has 1 aliphatic heterocycles. The minimum Gasteiger partial charge on any atom is -0.497 e. The predicted molar refractivity (Wildman–Crippen MR) is 104 cm³/mol. The van der Waals surface area contributed by atoms with Crippen LogP contribution in [0.4, 0.5) is 10.1 Å². The van der Waals surface area contributed by atoms with Gasteiger partial charge in [-0.05, 0) is 36.4 Å². The van der Waals surface area contributed by atoms with Crippen molar-refractivity contribution in [2.45, 2.75) is 0 Å². The maximum Gasteiger partial charge on any atom is 0.253 e. The molecule has 0 saturated carbocycles. The van der Waals surface area contributed by atoms with Crippen molar-refractivity contribution < 1.29 is 18.7 Å². The molecule has 1 saturated heterocycles. The molecule has 0 spiro atoms. The molecule has 2 aromatic carbocycles. The van der Waals surface area contributed by atoms with Gasteiger partial charge in [0.15, 0.2) is 0 Å². The number of anilines is 1. The van der Waals surface area contributed by atoms with E-state index < -0.39 is 11.7 Å². The van der Waals surface area contributed by atoms with E-state index in [4.69, 9.17) is 10.5 Å². The van der Waals surface area contributed by atoms with Crippen LogP contribution in [0, 0.1) is 5.82 Å². The molecule has 27 heavy (non-hydrogen) atoms. The average Bonchev–Trinajstić information content (AvgIpc) is 2.66. The number of hydrogen-bond acceptors (Lipinski definition) is 4. The first-order chi connectivity index (χ1) is 12.9. The highest BCUT2D eigenvalue weighted by Gasteiger charge is 2.26. The monoisotopic (exact) mass is 435 g/mol. The topological polar surface area (TPSA) is 75.9 Å². The van der Waals surface area contributed by atoms with Gasteiger partial charge in [0.25, 0.3) is 11.8 Å². The van der Waals surface area contributed by atoms with Crippen molar-refractivity contribution >= 4 is 33.4 Å². The van der Waals surface area contributed by atoms with Gasteiger partial charge in [-0.1, -0.05) is 15.9 Å². The molecule has 2 N–H and O–H groups in total. The Kier molecular flexibility index (Phi) is 5.65. The predicted octanol–water partition coefficient (Wildman–Crippen LogP) is 2.66. The number of rotatable bonds is 4. The number of carbonyl (C=O) groups is 2. The summed E-state index contributed by atoms with van der Waals surface area (Å²) in [4.78, 5) is 27.9. The SMILES string of the molecule is COc1ccc(C(=O)N2CCN(c3cc(Br)cc(F)c3C(N)=O)CC2)cc1. The molecule has 0 aliphatic carbocycles. The zero-order chi connectivity index (χ0) is 19.6. The van der Waals surface area contributed by atoms with Crippen molar-refractivity contribution in [3.63, 3.8) is 0 Å². The summed E-state index contributed by atoms with van der Waals surface area (Å²) >= 11 is 3.25. The van der Waals surface area contributed by atoms with Crippen molar-refractivity contribution in [1.82, 2.24) is 4.90 Å². The van der Waals surface area contributed by atoms with Crippen LogP contribution >= 0.6 is 15.9 Å². The molecular weight excluding hydrogens is 417 g/mol. The molecule has 1 aliphatic rings. The number of benzene rings is 2. The lowest BCUT2D eigenvalue weighted by molar-refractivity contribution is 0.0746. The summed E-state index contributed by atoms with van der Waals surface area (Å²) in [6.45, 7) is 1.85. The molecule has 6 nitrogen and oxygen atoms in total. The number of primary amides is 1. The van der Waals surface area contributed by atoms with Gasteiger partial charge in [-0.3, -0.25) is 9.59 Å². The number of piperazine rings is 1. The zero-order valence-electron chi connectivity index (χ0n) is 14.7. The van der Waals surface area contributed by atoms with E-state index in [0.717, 1.165) is 0 Å². The molecule has 0 atom stereocenters. The molecule has 1 heterocycles. The second kappa shape index (κ2) is 7.96. The average molecular weight is 436 g/mol. The molecule has 1 fully saturated rings. The van der Waals surface area contributed by atoms with Crippen molar-refractivity contribution in [2.24, 2.45) is 5.73 Å². The quantitative estimate of drug-likeness (QED) is 0.800. The van der Waals surface area contributed by atoms with E-state index in [1.54, 1.807) is 42.3 Å². The van der Waals surface area contributed by atoms with Crippen LogP contribution in [-0.2, 0) is 0 Å². The molecule has 0 aromatic heterocycles. The fraction of sp³-hybridized carbons (Fsp3) is 0.263. The van der Waals surface area contributed by atoms with E-state index >= 15 is 0 Å². The third-order valence-corrected chi connectivity index (χ3v) is 4.98. The number of ether oxygens (including phenoxy) is 1. The summed E-state index contributed by atoms with van der Waals surface area (Å²) in [7, 11) is 1.57. The maximum atomic E-state index is 14.2. The maximum absolute atomic E-state index is 14.2. The summed E-state index contributed by atoms with van der Waals surface area (Å²) in [5.74, 6) is -0.866. The largest absolute Gasteiger partial charge is 0.497 e. The van der Waals surface area contributed by atoms with E-state index in [1.165, 1.54) is 6.07 Å². The van der Waals surface area contributed by atoms with Gasteiger partial charge in [0.2, 0.25) is 0 Å². The summed E-state index contributed by atoms with van der Waals surface area (Å²) in [5.41, 5.74) is 6.24. The lowest BCUT2D eigenvalue weighted by Gasteiger charge is -2.37. The van der Waals surface area contributed by atoms with Crippen LogP contribution < -0.4 is 15.4 Å². The first-order valence-corrected chi connectivity index (χ1v) is 9.17. The lowest BCUT2D eigenvalue weighted by Crippen LogP contribution is -2.49. The van der Waals surface area contributed by atoms with Crippen LogP contribution in [0.1, 0.15) is 20.7 Å². The number of hydrogen-bond donors (Lipinski definition) is 1. The molecule has 0 bridgehead atoms. The smallest absolute Gasteiger partial charge is 0.253 e. The standard InChI is InChI=1S/C19H19BrFN3O3/c1-27-14-4-2-12(3-5-14)19(26)24-8-6-23(7-9-24)16-11-13(20)10-15(21)17(16)18(22)25/h2-5,10-11H,6-9H2,1H3,(H2,22,25). The van der Waals surface area contributed by atoms with Gasteiger partial charge in [-0.2, -0.15) is 0 Å². The van der Waals surface area contributed by atoms with E-state index in [1.807, 2.05) is 4.90 Å². The molecule has 3 rings (SSSR count). The Hall–Kier alpha value is -2.61. The van der Waals surface area contributed by atoms with Crippen LogP contribution in [-0.4, -0.2) is 50.0 Å². The minimum atomic E-state index is -0.813. The molecule has 8 heteroatoms. The first-order valence-electron chi connectivity index (χ1n) is 8.38. The van der Waals surface area contributed by atoms with Crippen LogP contribution in [0.2, 0.25) is 0 Å². The number of nitrogens with two attached hydrogens (primary N) is 1. The fourth-order valence-electron chi connectivity index (χ4n) is 3.12. The van der Waals surface area contributed by atoms with Crippen molar-refractivity contribution in [1.29, 1.82) is 0 Å². The Bertz CT molecular complexity index is 865. The molecule has 0 unspecified atom stereocenters. The van der Waals surface area contributed by atoms with Gasteiger partial charge >= 0.3 is 0 Å². The van der Waals surface area contributed by atoms with Crippen LogP contribution in [0.15, 0.2) is 40.9 Å². The van der Waals surface area contributed by atoms with Gasteiger partial charge < -0.3 is 20.3 Å². The lowest BCUT2D eigenvalue weighted by atomic mass is 10.1. The van der Waals surface area contributed by atoms with Gasteiger partial charge in [0.1, 0.15) is 11.6 Å². The second-order valence-electron chi connectivity index (χ2n) is 6.15. The first kappa shape index (κ1) is 19.2. The van der Waals surface area contributed by atoms with Crippen molar-refractivity contribution in [3.8, 4) is 5.75 Å². The van der Waals surface area contributed by atoms with Gasteiger partial charge in [-0.25, -0.2) is 4.39 Å². The van der Waals surface area contributed by atoms with Crippen LogP contribution in [0.25, 0.3) is 0 Å². The number of amides is 2. The van der Waals surface area contributed by atoms with E-state index in [9.17, 15) is 14.0 Å². The molecule has 2 aromatic rings. The van der Waals surface area contributed by atoms with Gasteiger partial charge in [0, 0.05) is 36.2 Å². The molecule has 2 amide bonds. The highest BCUT2D eigenvalue weighted by atomic mass is 79.9. The Morgan fingerprint density at radius 1 is 1.11 bits per heavy atom. The summed E-state index contributed by atoms with van der Waals surface area (Å²) < 4.78 is 19.8. The highest BCUT2D eigenvalue weighted by Crippen LogP contribution is 2.29. The number of halogens is 2. The van der Waals surface area contributed by atoms with Crippen LogP contribution in [0.3, 0.4) is 0 Å². The summed E-state index contributed by atoms with van der Waals surface area (Å²) in [6, 6.07) is 9.82. The zero-order valence-corrected chi connectivity index (χ0v) is 16.3. The fourth-order valence-corrected chi connectivity index (χ4v) is 3.54. The molecular formula is C19H19BrFN3O3. The normalized spacial score (nSPS) is 14.2. The highest BCUT2D eigenvalue weighted by molar-refractivity contribution is 9.10. The van der Waals surface area contributed by atoms with Gasteiger partial charge in [0.05, 0.1) is 18.4 Å². The Labute approximate surface area is 164 Å². The number of nitrogens with zero attached hydrogens (tertiary/aromatic N) is 2. The Morgan fingerprint density at radius 2 is 1.74 bits per heavy atom. The van der Waals surface area contributed by atoms with Gasteiger partial charge in [-0.15, -0.1) is 0 Å². The third kappa shape index (κ3) is 4.05. The van der Waals surface area contributed by atoms with E-state index in [2.05, 4.69) is 15.9 Å². The minimum absolute atomic E-state index is 0.0761. The van der Waals surface area contributed by atoms with E-state index in [-0.39, 0.29) is 11.5 Å². The second-order valence-corrected chi connectivity index (χ2v) is 7.07. The molecule has 142 valence electrons. The van der Waals surface area contributed by atoms with E-state index in [0.29, 0.717) is 47.7 Å². The summed E-state index contributed by atoms with van der Waals surface area (Å²) in [5, 5.41) is 0. The third-order valence-electron chi connectivity index (χ3n) is 4.53. The van der Waals surface area contributed by atoms with Crippen molar-refractivity contribution in [3.05, 3.63) is 57.8 Å². The summed E-state index contributed by atoms with van der Waals surface area (Å²) in [6.07, 6.45) is 0. The number of carbonyl (C=O) groups excluding carboxylic acids is 2. The molecule has 0 radical (unpaired) electrons. The number of methoxy groups -OCH3 is 1. The Balaban J connectivity index is 1.74.